The van der Waals surface area contributed by atoms with Crippen LogP contribution in [0.25, 0.3) is 0 Å². The van der Waals surface area contributed by atoms with E-state index in [9.17, 15) is 9.18 Å². The summed E-state index contributed by atoms with van der Waals surface area (Å²) in [5.41, 5.74) is 2.72. The second-order valence-electron chi connectivity index (χ2n) is 6.44. The van der Waals surface area contributed by atoms with E-state index in [-0.39, 0.29) is 18.1 Å². The normalized spacial score (nSPS) is 10.7. The van der Waals surface area contributed by atoms with E-state index in [1.807, 2.05) is 18.2 Å². The molecule has 0 radical (unpaired) electrons. The van der Waals surface area contributed by atoms with E-state index >= 15 is 0 Å². The third-order valence-electron chi connectivity index (χ3n) is 4.14. The minimum Gasteiger partial charge on any atom is -0.346 e. The van der Waals surface area contributed by atoms with Crippen LogP contribution in [0.5, 0.6) is 0 Å². The van der Waals surface area contributed by atoms with Gasteiger partial charge in [-0.05, 0) is 35.7 Å². The Kier molecular flexibility index (Phi) is 5.76. The molecule has 0 fully saturated rings. The number of benzene rings is 2. The van der Waals surface area contributed by atoms with Gasteiger partial charge in [-0.15, -0.1) is 10.2 Å². The Morgan fingerprint density at radius 3 is 2.44 bits per heavy atom. The summed E-state index contributed by atoms with van der Waals surface area (Å²) in [5, 5.41) is 13.9. The van der Waals surface area contributed by atoms with Crippen LogP contribution in [-0.2, 0) is 6.54 Å². The Morgan fingerprint density at radius 1 is 1.00 bits per heavy atom. The molecule has 2 aromatic carbocycles. The molecule has 0 unspecified atom stereocenters. The van der Waals surface area contributed by atoms with Crippen molar-refractivity contribution in [2.24, 2.45) is 0 Å². The van der Waals surface area contributed by atoms with E-state index in [1.54, 1.807) is 30.3 Å². The number of amides is 1. The van der Waals surface area contributed by atoms with Crippen LogP contribution < -0.4 is 10.6 Å². The van der Waals surface area contributed by atoms with E-state index in [0.717, 1.165) is 5.69 Å². The SMILES string of the molecule is CC(C)c1ccccc1Nc1ccc(C(=O)NCc2ccccc2F)nn1. The number of aromatic nitrogens is 2. The molecule has 0 spiro atoms. The van der Waals surface area contributed by atoms with Crippen molar-refractivity contribution in [2.75, 3.05) is 5.32 Å². The van der Waals surface area contributed by atoms with Crippen LogP contribution in [0.15, 0.2) is 60.7 Å². The van der Waals surface area contributed by atoms with Gasteiger partial charge in [0.05, 0.1) is 0 Å². The zero-order valence-electron chi connectivity index (χ0n) is 15.2. The molecular formula is C21H21FN4O. The highest BCUT2D eigenvalue weighted by molar-refractivity contribution is 5.92. The van der Waals surface area contributed by atoms with Gasteiger partial charge >= 0.3 is 0 Å². The summed E-state index contributed by atoms with van der Waals surface area (Å²) in [6.07, 6.45) is 0. The molecule has 0 aliphatic rings. The first-order valence-electron chi connectivity index (χ1n) is 8.76. The fraction of sp³-hybridized carbons (Fsp3) is 0.190. The highest BCUT2D eigenvalue weighted by atomic mass is 19.1. The smallest absolute Gasteiger partial charge is 0.272 e. The first-order chi connectivity index (χ1) is 13.0. The highest BCUT2D eigenvalue weighted by Crippen LogP contribution is 2.25. The minimum atomic E-state index is -0.403. The van der Waals surface area contributed by atoms with E-state index in [2.05, 4.69) is 40.7 Å². The Labute approximate surface area is 157 Å². The van der Waals surface area contributed by atoms with E-state index < -0.39 is 5.91 Å². The minimum absolute atomic E-state index is 0.0922. The van der Waals surface area contributed by atoms with Crippen molar-refractivity contribution < 1.29 is 9.18 Å². The summed E-state index contributed by atoms with van der Waals surface area (Å²) in [6, 6.07) is 17.6. The summed E-state index contributed by atoms with van der Waals surface area (Å²) in [6.45, 7) is 4.33. The average Bonchev–Trinajstić information content (AvgIpc) is 2.68. The number of hydrogen-bond acceptors (Lipinski definition) is 4. The molecule has 27 heavy (non-hydrogen) atoms. The fourth-order valence-corrected chi connectivity index (χ4v) is 2.68. The van der Waals surface area contributed by atoms with Crippen LogP contribution in [0.3, 0.4) is 0 Å². The van der Waals surface area contributed by atoms with Gasteiger partial charge in [0, 0.05) is 17.8 Å². The van der Waals surface area contributed by atoms with Gasteiger partial charge < -0.3 is 10.6 Å². The summed E-state index contributed by atoms with van der Waals surface area (Å²) in [4.78, 5) is 12.2. The van der Waals surface area contributed by atoms with Crippen LogP contribution in [-0.4, -0.2) is 16.1 Å². The molecule has 1 heterocycles. The summed E-state index contributed by atoms with van der Waals surface area (Å²) in [5.74, 6) is 0.158. The maximum Gasteiger partial charge on any atom is 0.272 e. The van der Waals surface area contributed by atoms with Crippen molar-refractivity contribution in [3.05, 3.63) is 83.3 Å². The molecule has 2 N–H and O–H groups in total. The van der Waals surface area contributed by atoms with E-state index in [4.69, 9.17) is 0 Å². The molecule has 3 aromatic rings. The lowest BCUT2D eigenvalue weighted by atomic mass is 10.0. The lowest BCUT2D eigenvalue weighted by Gasteiger charge is -2.13. The van der Waals surface area contributed by atoms with Crippen molar-refractivity contribution in [1.82, 2.24) is 15.5 Å². The summed E-state index contributed by atoms with van der Waals surface area (Å²) >= 11 is 0. The predicted octanol–water partition coefficient (Wildman–Crippen LogP) is 4.41. The summed E-state index contributed by atoms with van der Waals surface area (Å²) < 4.78 is 13.6. The Balaban J connectivity index is 1.65. The fourth-order valence-electron chi connectivity index (χ4n) is 2.68. The number of hydrogen-bond donors (Lipinski definition) is 2. The number of rotatable bonds is 6. The van der Waals surface area contributed by atoms with Gasteiger partial charge in [0.2, 0.25) is 0 Å². The molecule has 0 saturated carbocycles. The van der Waals surface area contributed by atoms with Crippen LogP contribution >= 0.6 is 0 Å². The standard InChI is InChI=1S/C21H21FN4O/c1-14(2)16-8-4-6-10-18(16)24-20-12-11-19(25-26-20)21(27)23-13-15-7-3-5-9-17(15)22/h3-12,14H,13H2,1-2H3,(H,23,27)(H,24,26). The Morgan fingerprint density at radius 2 is 1.74 bits per heavy atom. The van der Waals surface area contributed by atoms with Crippen molar-refractivity contribution in [1.29, 1.82) is 0 Å². The molecule has 0 atom stereocenters. The van der Waals surface area contributed by atoms with Gasteiger partial charge in [-0.25, -0.2) is 4.39 Å². The molecule has 1 aromatic heterocycles. The van der Waals surface area contributed by atoms with Gasteiger partial charge in [0.1, 0.15) is 5.82 Å². The van der Waals surface area contributed by atoms with Crippen molar-refractivity contribution >= 4 is 17.4 Å². The molecule has 0 aliphatic carbocycles. The Hall–Kier alpha value is -3.28. The lowest BCUT2D eigenvalue weighted by Crippen LogP contribution is -2.24. The molecule has 1 amide bonds. The van der Waals surface area contributed by atoms with Crippen molar-refractivity contribution in [3.63, 3.8) is 0 Å². The highest BCUT2D eigenvalue weighted by Gasteiger charge is 2.11. The van der Waals surface area contributed by atoms with Crippen LogP contribution in [0.1, 0.15) is 41.4 Å². The third kappa shape index (κ3) is 4.67. The monoisotopic (exact) mass is 364 g/mol. The number of nitrogens with one attached hydrogen (secondary N) is 2. The first kappa shape index (κ1) is 18.5. The molecule has 0 aliphatic heterocycles. The molecule has 0 saturated heterocycles. The second-order valence-corrected chi connectivity index (χ2v) is 6.44. The molecule has 138 valence electrons. The molecule has 0 bridgehead atoms. The average molecular weight is 364 g/mol. The molecule has 3 rings (SSSR count). The van der Waals surface area contributed by atoms with E-state index in [0.29, 0.717) is 17.3 Å². The number of nitrogens with zero attached hydrogens (tertiary/aromatic N) is 2. The van der Waals surface area contributed by atoms with Gasteiger partial charge in [0.15, 0.2) is 11.5 Å². The van der Waals surface area contributed by atoms with Crippen LogP contribution in [0.4, 0.5) is 15.9 Å². The van der Waals surface area contributed by atoms with Gasteiger partial charge in [-0.1, -0.05) is 50.2 Å². The van der Waals surface area contributed by atoms with Crippen LogP contribution in [0.2, 0.25) is 0 Å². The number of halogens is 1. The molecule has 6 heteroatoms. The third-order valence-corrected chi connectivity index (χ3v) is 4.14. The maximum absolute atomic E-state index is 13.6. The predicted molar refractivity (Wildman–Crippen MR) is 103 cm³/mol. The number of anilines is 2. The van der Waals surface area contributed by atoms with Gasteiger partial charge in [0.25, 0.3) is 5.91 Å². The molecular weight excluding hydrogens is 343 g/mol. The second kappa shape index (κ2) is 8.40. The Bertz CT molecular complexity index is 925. The van der Waals surface area contributed by atoms with Crippen LogP contribution in [0, 0.1) is 5.82 Å². The first-order valence-corrected chi connectivity index (χ1v) is 8.76. The number of para-hydroxylation sites is 1. The zero-order chi connectivity index (χ0) is 19.2. The quantitative estimate of drug-likeness (QED) is 0.680. The maximum atomic E-state index is 13.6. The van der Waals surface area contributed by atoms with Gasteiger partial charge in [-0.3, -0.25) is 4.79 Å². The topological polar surface area (TPSA) is 66.9 Å². The van der Waals surface area contributed by atoms with Gasteiger partial charge in [-0.2, -0.15) is 0 Å². The largest absolute Gasteiger partial charge is 0.346 e. The molecule has 5 nitrogen and oxygen atoms in total. The lowest BCUT2D eigenvalue weighted by molar-refractivity contribution is 0.0944. The number of carbonyl (C=O) groups is 1. The van der Waals surface area contributed by atoms with Crippen molar-refractivity contribution in [3.8, 4) is 0 Å². The van der Waals surface area contributed by atoms with E-state index in [1.165, 1.54) is 11.6 Å². The van der Waals surface area contributed by atoms with Crippen molar-refractivity contribution in [2.45, 2.75) is 26.3 Å². The number of carbonyl (C=O) groups excluding carboxylic acids is 1. The zero-order valence-corrected chi connectivity index (χ0v) is 15.2. The summed E-state index contributed by atoms with van der Waals surface area (Å²) in [7, 11) is 0.